The molecule has 0 spiro atoms. The lowest BCUT2D eigenvalue weighted by Crippen LogP contribution is -2.23. The van der Waals surface area contributed by atoms with Crippen LogP contribution < -0.4 is 5.56 Å². The van der Waals surface area contributed by atoms with Crippen molar-refractivity contribution in [2.24, 2.45) is 0 Å². The number of fused-ring (bicyclic) bond motifs is 1. The topological polar surface area (TPSA) is 22.0 Å². The molecule has 0 aliphatic rings. The van der Waals surface area contributed by atoms with Crippen LogP contribution in [0.1, 0.15) is 38.3 Å². The maximum absolute atomic E-state index is 12.4. The summed E-state index contributed by atoms with van der Waals surface area (Å²) in [6.45, 7) is 6.30. The first-order valence-corrected chi connectivity index (χ1v) is 6.29. The second-order valence-electron chi connectivity index (χ2n) is 4.53. The maximum Gasteiger partial charge on any atom is 0.258 e. The molecule has 1 aromatic heterocycles. The van der Waals surface area contributed by atoms with Crippen molar-refractivity contribution in [2.75, 3.05) is 0 Å². The minimum Gasteiger partial charge on any atom is -0.312 e. The molecule has 0 aliphatic heterocycles. The van der Waals surface area contributed by atoms with E-state index < -0.39 is 0 Å². The van der Waals surface area contributed by atoms with Crippen LogP contribution in [-0.4, -0.2) is 4.57 Å². The van der Waals surface area contributed by atoms with Crippen LogP contribution in [-0.2, 0) is 0 Å². The molecule has 90 valence electrons. The second-order valence-corrected chi connectivity index (χ2v) is 4.53. The van der Waals surface area contributed by atoms with Crippen molar-refractivity contribution >= 4 is 10.8 Å². The standard InChI is InChI=1S/C15H19NO/c1-4-12(5-2)16-10-9-13-11(3)7-6-8-14(13)15(16)17/h6-10,12H,4-5H2,1-3H3. The number of benzene rings is 1. The van der Waals surface area contributed by atoms with Crippen LogP contribution in [0, 0.1) is 6.92 Å². The largest absolute Gasteiger partial charge is 0.312 e. The molecule has 0 unspecified atom stereocenters. The van der Waals surface area contributed by atoms with Crippen molar-refractivity contribution in [1.82, 2.24) is 4.57 Å². The summed E-state index contributed by atoms with van der Waals surface area (Å²) in [7, 11) is 0. The molecule has 2 rings (SSSR count). The second kappa shape index (κ2) is 4.74. The maximum atomic E-state index is 12.4. The first-order valence-electron chi connectivity index (χ1n) is 6.29. The van der Waals surface area contributed by atoms with Gasteiger partial charge in [-0.25, -0.2) is 0 Å². The predicted molar refractivity (Wildman–Crippen MR) is 72.6 cm³/mol. The lowest BCUT2D eigenvalue weighted by Gasteiger charge is -2.17. The van der Waals surface area contributed by atoms with Gasteiger partial charge in [-0.05, 0) is 42.8 Å². The van der Waals surface area contributed by atoms with Crippen molar-refractivity contribution in [3.8, 4) is 0 Å². The summed E-state index contributed by atoms with van der Waals surface area (Å²) >= 11 is 0. The zero-order valence-corrected chi connectivity index (χ0v) is 10.7. The van der Waals surface area contributed by atoms with Crippen molar-refractivity contribution in [1.29, 1.82) is 0 Å². The molecule has 0 radical (unpaired) electrons. The van der Waals surface area contributed by atoms with Gasteiger partial charge >= 0.3 is 0 Å². The Morgan fingerprint density at radius 2 is 1.82 bits per heavy atom. The molecule has 2 aromatic rings. The minimum absolute atomic E-state index is 0.139. The highest BCUT2D eigenvalue weighted by atomic mass is 16.1. The third kappa shape index (κ3) is 1.99. The molecule has 0 saturated carbocycles. The number of rotatable bonds is 3. The molecular weight excluding hydrogens is 210 g/mol. The SMILES string of the molecule is CCC(CC)n1ccc2c(C)cccc2c1=O. The smallest absolute Gasteiger partial charge is 0.258 e. The minimum atomic E-state index is 0.139. The highest BCUT2D eigenvalue weighted by molar-refractivity contribution is 5.84. The van der Waals surface area contributed by atoms with Crippen LogP contribution in [0.2, 0.25) is 0 Å². The monoisotopic (exact) mass is 229 g/mol. The van der Waals surface area contributed by atoms with E-state index in [1.807, 2.05) is 35.9 Å². The van der Waals surface area contributed by atoms with E-state index in [2.05, 4.69) is 19.9 Å². The molecular formula is C15H19NO. The van der Waals surface area contributed by atoms with E-state index >= 15 is 0 Å². The van der Waals surface area contributed by atoms with Gasteiger partial charge in [0.1, 0.15) is 0 Å². The lowest BCUT2D eigenvalue weighted by atomic mass is 10.1. The van der Waals surface area contributed by atoms with Gasteiger partial charge < -0.3 is 4.57 Å². The van der Waals surface area contributed by atoms with Gasteiger partial charge in [0.25, 0.3) is 5.56 Å². The van der Waals surface area contributed by atoms with Gasteiger partial charge in [0, 0.05) is 17.6 Å². The Balaban J connectivity index is 2.70. The molecule has 2 nitrogen and oxygen atoms in total. The quantitative estimate of drug-likeness (QED) is 0.787. The van der Waals surface area contributed by atoms with E-state index in [4.69, 9.17) is 0 Å². The van der Waals surface area contributed by atoms with Crippen LogP contribution in [0.5, 0.6) is 0 Å². The van der Waals surface area contributed by atoms with Crippen LogP contribution in [0.4, 0.5) is 0 Å². The van der Waals surface area contributed by atoms with Gasteiger partial charge in [0.05, 0.1) is 0 Å². The number of nitrogens with zero attached hydrogens (tertiary/aromatic N) is 1. The molecule has 0 aliphatic carbocycles. The number of pyridine rings is 1. The third-order valence-corrected chi connectivity index (χ3v) is 3.53. The molecule has 2 heteroatoms. The Labute approximate surface area is 102 Å². The van der Waals surface area contributed by atoms with Crippen molar-refractivity contribution in [3.63, 3.8) is 0 Å². The average molecular weight is 229 g/mol. The molecule has 0 saturated heterocycles. The van der Waals surface area contributed by atoms with E-state index in [-0.39, 0.29) is 5.56 Å². The molecule has 1 heterocycles. The Bertz CT molecular complexity index is 579. The summed E-state index contributed by atoms with van der Waals surface area (Å²) < 4.78 is 1.88. The molecule has 0 amide bonds. The zero-order valence-electron chi connectivity index (χ0n) is 10.7. The van der Waals surface area contributed by atoms with Crippen molar-refractivity contribution in [3.05, 3.63) is 46.4 Å². The van der Waals surface area contributed by atoms with Gasteiger partial charge in [0.2, 0.25) is 0 Å². The zero-order chi connectivity index (χ0) is 12.4. The molecule has 0 bridgehead atoms. The first kappa shape index (κ1) is 11.9. The summed E-state index contributed by atoms with van der Waals surface area (Å²) in [6.07, 6.45) is 3.93. The highest BCUT2D eigenvalue weighted by Gasteiger charge is 2.10. The molecule has 0 fully saturated rings. The molecule has 1 aromatic carbocycles. The van der Waals surface area contributed by atoms with Gasteiger partial charge in [-0.2, -0.15) is 0 Å². The summed E-state index contributed by atoms with van der Waals surface area (Å²) in [5, 5.41) is 1.90. The van der Waals surface area contributed by atoms with E-state index in [1.165, 1.54) is 0 Å². The van der Waals surface area contributed by atoms with E-state index in [9.17, 15) is 4.79 Å². The number of aromatic nitrogens is 1. The Kier molecular flexibility index (Phi) is 3.32. The predicted octanol–water partition coefficient (Wildman–Crippen LogP) is 3.67. The summed E-state index contributed by atoms with van der Waals surface area (Å²) in [5.41, 5.74) is 1.30. The lowest BCUT2D eigenvalue weighted by molar-refractivity contribution is 0.461. The fourth-order valence-corrected chi connectivity index (χ4v) is 2.42. The average Bonchev–Trinajstić information content (AvgIpc) is 2.34. The number of aryl methyl sites for hydroxylation is 1. The summed E-state index contributed by atoms with van der Waals surface area (Å²) in [5.74, 6) is 0. The Morgan fingerprint density at radius 1 is 1.12 bits per heavy atom. The number of hydrogen-bond acceptors (Lipinski definition) is 1. The van der Waals surface area contributed by atoms with Crippen molar-refractivity contribution in [2.45, 2.75) is 39.7 Å². The number of hydrogen-bond donors (Lipinski definition) is 0. The first-order chi connectivity index (χ1) is 8.19. The van der Waals surface area contributed by atoms with Crippen LogP contribution in [0.25, 0.3) is 10.8 Å². The van der Waals surface area contributed by atoms with E-state index in [1.54, 1.807) is 0 Å². The van der Waals surface area contributed by atoms with E-state index in [0.717, 1.165) is 29.2 Å². The van der Waals surface area contributed by atoms with Gasteiger partial charge in [-0.3, -0.25) is 4.79 Å². The van der Waals surface area contributed by atoms with Crippen LogP contribution in [0.3, 0.4) is 0 Å². The molecule has 0 N–H and O–H groups in total. The Hall–Kier alpha value is -1.57. The normalized spacial score (nSPS) is 11.3. The molecule has 0 atom stereocenters. The van der Waals surface area contributed by atoms with Gasteiger partial charge in [-0.15, -0.1) is 0 Å². The highest BCUT2D eigenvalue weighted by Crippen LogP contribution is 2.18. The fourth-order valence-electron chi connectivity index (χ4n) is 2.42. The fraction of sp³-hybridized carbons (Fsp3) is 0.400. The van der Waals surface area contributed by atoms with E-state index in [0.29, 0.717) is 6.04 Å². The summed E-state index contributed by atoms with van der Waals surface area (Å²) in [6, 6.07) is 8.29. The third-order valence-electron chi connectivity index (χ3n) is 3.53. The summed E-state index contributed by atoms with van der Waals surface area (Å²) in [4.78, 5) is 12.4. The van der Waals surface area contributed by atoms with Crippen LogP contribution >= 0.6 is 0 Å². The van der Waals surface area contributed by atoms with Gasteiger partial charge in [-0.1, -0.05) is 26.0 Å². The van der Waals surface area contributed by atoms with Crippen molar-refractivity contribution < 1.29 is 0 Å². The van der Waals surface area contributed by atoms with Crippen LogP contribution in [0.15, 0.2) is 35.3 Å². The van der Waals surface area contributed by atoms with Gasteiger partial charge in [0.15, 0.2) is 0 Å². The molecule has 17 heavy (non-hydrogen) atoms. The Morgan fingerprint density at radius 3 is 2.47 bits per heavy atom.